The molecule has 3 aromatic rings. The smallest absolute Gasteiger partial charge is 0.341 e. The minimum Gasteiger partial charge on any atom is -0.465 e. The average molecular weight is 463 g/mol. The van der Waals surface area contributed by atoms with Crippen LogP contribution in [-0.2, 0) is 16.1 Å². The van der Waals surface area contributed by atoms with Crippen molar-refractivity contribution in [2.45, 2.75) is 18.6 Å². The van der Waals surface area contributed by atoms with Crippen LogP contribution in [0.2, 0.25) is 5.02 Å². The molecule has 30 heavy (non-hydrogen) atoms. The Balaban J connectivity index is 1.79. The third-order valence-electron chi connectivity index (χ3n) is 4.14. The molecular formula is C20H19ClN4O3S2. The van der Waals surface area contributed by atoms with Crippen LogP contribution in [0.25, 0.3) is 11.1 Å². The number of allylic oxidation sites excluding steroid dienone is 1. The number of amides is 1. The summed E-state index contributed by atoms with van der Waals surface area (Å²) in [5.41, 5.74) is 1.58. The molecule has 0 aliphatic carbocycles. The first kappa shape index (κ1) is 22.1. The summed E-state index contributed by atoms with van der Waals surface area (Å²) < 4.78 is 6.80. The Hall–Kier alpha value is -2.62. The zero-order chi connectivity index (χ0) is 21.7. The molecule has 0 atom stereocenters. The Morgan fingerprint density at radius 2 is 2.10 bits per heavy atom. The summed E-state index contributed by atoms with van der Waals surface area (Å²) in [5.74, 6) is 0.0299. The maximum atomic E-state index is 12.6. The second-order valence-corrected chi connectivity index (χ2v) is 8.32. The molecule has 0 radical (unpaired) electrons. The lowest BCUT2D eigenvalue weighted by molar-refractivity contribution is -0.113. The van der Waals surface area contributed by atoms with E-state index in [1.54, 1.807) is 17.5 Å². The Kier molecular flexibility index (Phi) is 7.30. The standard InChI is InChI=1S/C20H19ClN4O3S2/c1-4-9-25-12(2)23-24-20(25)30-11-16(26)22-18-17(19(27)28-3)14(10-29-18)13-7-5-6-8-15(13)21/h4-8,10H,1,9,11H2,2-3H3,(H,22,26). The van der Waals surface area contributed by atoms with Crippen LogP contribution < -0.4 is 5.32 Å². The molecule has 0 fully saturated rings. The normalized spacial score (nSPS) is 10.6. The van der Waals surface area contributed by atoms with Crippen LogP contribution in [0.15, 0.2) is 47.5 Å². The van der Waals surface area contributed by atoms with Crippen molar-refractivity contribution >= 4 is 51.6 Å². The van der Waals surface area contributed by atoms with Crippen LogP contribution in [-0.4, -0.2) is 39.5 Å². The summed E-state index contributed by atoms with van der Waals surface area (Å²) in [4.78, 5) is 25.0. The summed E-state index contributed by atoms with van der Waals surface area (Å²) in [7, 11) is 1.30. The van der Waals surface area contributed by atoms with Gasteiger partial charge in [0.2, 0.25) is 5.91 Å². The van der Waals surface area contributed by atoms with Crippen LogP contribution in [0.4, 0.5) is 5.00 Å². The van der Waals surface area contributed by atoms with Gasteiger partial charge in [-0.3, -0.25) is 4.79 Å². The van der Waals surface area contributed by atoms with Crippen LogP contribution in [0.3, 0.4) is 0 Å². The quantitative estimate of drug-likeness (QED) is 0.297. The van der Waals surface area contributed by atoms with Crippen molar-refractivity contribution in [2.24, 2.45) is 0 Å². The lowest BCUT2D eigenvalue weighted by Gasteiger charge is -2.09. The van der Waals surface area contributed by atoms with Gasteiger partial charge in [-0.15, -0.1) is 28.1 Å². The van der Waals surface area contributed by atoms with E-state index < -0.39 is 5.97 Å². The maximum Gasteiger partial charge on any atom is 0.341 e. The molecule has 0 aliphatic rings. The zero-order valence-electron chi connectivity index (χ0n) is 16.3. The molecule has 1 aromatic carbocycles. The number of thiophene rings is 1. The highest BCUT2D eigenvalue weighted by atomic mass is 35.5. The van der Waals surface area contributed by atoms with Gasteiger partial charge in [0.25, 0.3) is 0 Å². The molecule has 0 bridgehead atoms. The number of aryl methyl sites for hydroxylation is 1. The minimum absolute atomic E-state index is 0.106. The van der Waals surface area contributed by atoms with Crippen LogP contribution >= 0.6 is 34.7 Å². The van der Waals surface area contributed by atoms with Gasteiger partial charge in [0.05, 0.1) is 12.9 Å². The van der Waals surface area contributed by atoms with E-state index in [2.05, 4.69) is 22.1 Å². The number of hydrogen-bond donors (Lipinski definition) is 1. The van der Waals surface area contributed by atoms with Gasteiger partial charge in [-0.1, -0.05) is 47.6 Å². The third-order valence-corrected chi connectivity index (χ3v) is 6.34. The molecule has 2 aromatic heterocycles. The van der Waals surface area contributed by atoms with E-state index in [1.807, 2.05) is 29.7 Å². The highest BCUT2D eigenvalue weighted by molar-refractivity contribution is 7.99. The van der Waals surface area contributed by atoms with Crippen LogP contribution in [0, 0.1) is 6.92 Å². The number of nitrogens with one attached hydrogen (secondary N) is 1. The lowest BCUT2D eigenvalue weighted by atomic mass is 10.0. The number of benzene rings is 1. The summed E-state index contributed by atoms with van der Waals surface area (Å²) in [5, 5.41) is 14.2. The van der Waals surface area contributed by atoms with E-state index in [0.717, 1.165) is 5.82 Å². The predicted molar refractivity (Wildman–Crippen MR) is 120 cm³/mol. The number of hydrogen-bond acceptors (Lipinski definition) is 7. The van der Waals surface area contributed by atoms with Gasteiger partial charge < -0.3 is 14.6 Å². The van der Waals surface area contributed by atoms with Crippen LogP contribution in [0.5, 0.6) is 0 Å². The first-order chi connectivity index (χ1) is 14.5. The third kappa shape index (κ3) is 4.75. The van der Waals surface area contributed by atoms with Crippen LogP contribution in [0.1, 0.15) is 16.2 Å². The lowest BCUT2D eigenvalue weighted by Crippen LogP contribution is -2.16. The number of rotatable bonds is 8. The number of esters is 1. The van der Waals surface area contributed by atoms with E-state index in [0.29, 0.717) is 32.9 Å². The predicted octanol–water partition coefficient (Wildman–Crippen LogP) is 4.67. The van der Waals surface area contributed by atoms with Gasteiger partial charge in [0.15, 0.2) is 5.16 Å². The number of carbonyl (C=O) groups excluding carboxylic acids is 2. The van der Waals surface area contributed by atoms with E-state index in [4.69, 9.17) is 16.3 Å². The summed E-state index contributed by atoms with van der Waals surface area (Å²) in [6.45, 7) is 6.12. The monoisotopic (exact) mass is 462 g/mol. The topological polar surface area (TPSA) is 86.1 Å². The minimum atomic E-state index is -0.546. The van der Waals surface area contributed by atoms with Gasteiger partial charge in [-0.05, 0) is 13.0 Å². The van der Waals surface area contributed by atoms with Crippen molar-refractivity contribution in [3.63, 3.8) is 0 Å². The molecule has 0 spiro atoms. The van der Waals surface area contributed by atoms with E-state index in [-0.39, 0.29) is 17.2 Å². The summed E-state index contributed by atoms with van der Waals surface area (Å²) in [6.07, 6.45) is 1.74. The largest absolute Gasteiger partial charge is 0.465 e. The number of methoxy groups -OCH3 is 1. The van der Waals surface area contributed by atoms with Gasteiger partial charge in [0.1, 0.15) is 16.4 Å². The first-order valence-corrected chi connectivity index (χ1v) is 11.1. The molecule has 156 valence electrons. The van der Waals surface area contributed by atoms with Crippen molar-refractivity contribution < 1.29 is 14.3 Å². The van der Waals surface area contributed by atoms with Crippen molar-refractivity contribution in [3.05, 3.63) is 58.7 Å². The number of halogens is 1. The van der Waals surface area contributed by atoms with E-state index in [1.165, 1.54) is 30.2 Å². The molecule has 2 heterocycles. The number of ether oxygens (including phenoxy) is 1. The summed E-state index contributed by atoms with van der Waals surface area (Å²) >= 11 is 8.79. The maximum absolute atomic E-state index is 12.6. The van der Waals surface area contributed by atoms with Crippen molar-refractivity contribution in [1.82, 2.24) is 14.8 Å². The second-order valence-electron chi connectivity index (χ2n) is 6.09. The van der Waals surface area contributed by atoms with E-state index in [9.17, 15) is 9.59 Å². The van der Waals surface area contributed by atoms with Crippen molar-refractivity contribution in [2.75, 3.05) is 18.2 Å². The molecule has 7 nitrogen and oxygen atoms in total. The highest BCUT2D eigenvalue weighted by Gasteiger charge is 2.23. The van der Waals surface area contributed by atoms with Gasteiger partial charge in [0, 0.05) is 28.1 Å². The fourth-order valence-corrected chi connectivity index (χ4v) is 4.73. The molecule has 1 amide bonds. The van der Waals surface area contributed by atoms with Gasteiger partial charge in [-0.25, -0.2) is 4.79 Å². The summed E-state index contributed by atoms with van der Waals surface area (Å²) in [6, 6.07) is 7.19. The van der Waals surface area contributed by atoms with Gasteiger partial charge >= 0.3 is 5.97 Å². The van der Waals surface area contributed by atoms with E-state index >= 15 is 0 Å². The molecule has 10 heteroatoms. The molecule has 0 unspecified atom stereocenters. The molecule has 0 saturated heterocycles. The number of thioether (sulfide) groups is 1. The van der Waals surface area contributed by atoms with Gasteiger partial charge in [-0.2, -0.15) is 0 Å². The molecule has 1 N–H and O–H groups in total. The fourth-order valence-electron chi connectivity index (χ4n) is 2.73. The fraction of sp³-hybridized carbons (Fsp3) is 0.200. The number of anilines is 1. The number of carbonyl (C=O) groups is 2. The number of nitrogens with zero attached hydrogens (tertiary/aromatic N) is 3. The Morgan fingerprint density at radius 1 is 1.33 bits per heavy atom. The van der Waals surface area contributed by atoms with Crippen molar-refractivity contribution in [3.8, 4) is 11.1 Å². The second kappa shape index (κ2) is 9.92. The highest BCUT2D eigenvalue weighted by Crippen LogP contribution is 2.39. The molecule has 0 saturated carbocycles. The first-order valence-electron chi connectivity index (χ1n) is 8.84. The number of aromatic nitrogens is 3. The average Bonchev–Trinajstić information content (AvgIpc) is 3.30. The Morgan fingerprint density at radius 3 is 2.80 bits per heavy atom. The Labute approximate surface area is 187 Å². The molecule has 3 rings (SSSR count). The Bertz CT molecular complexity index is 1090. The zero-order valence-corrected chi connectivity index (χ0v) is 18.7. The van der Waals surface area contributed by atoms with Crippen molar-refractivity contribution in [1.29, 1.82) is 0 Å². The molecule has 0 aliphatic heterocycles. The SMILES string of the molecule is C=CCn1c(C)nnc1SCC(=O)Nc1scc(-c2ccccc2Cl)c1C(=O)OC. The molecular weight excluding hydrogens is 444 g/mol.